The van der Waals surface area contributed by atoms with Crippen molar-refractivity contribution in [3.8, 4) is 0 Å². The van der Waals surface area contributed by atoms with Crippen LogP contribution in [0.1, 0.15) is 31.2 Å². The number of carbonyl (C=O) groups excluding carboxylic acids is 1. The Morgan fingerprint density at radius 3 is 2.54 bits per heavy atom. The number of likely N-dealkylation sites (N-methyl/N-ethyl adjacent to an activating group) is 1. The van der Waals surface area contributed by atoms with E-state index in [1.807, 2.05) is 80.6 Å². The molecular formula is C21H21NO2. The minimum Gasteiger partial charge on any atom is -0.459 e. The van der Waals surface area contributed by atoms with E-state index in [0.717, 1.165) is 22.3 Å². The van der Waals surface area contributed by atoms with Crippen LogP contribution in [0.2, 0.25) is 0 Å². The highest BCUT2D eigenvalue weighted by Gasteiger charge is 2.21. The Morgan fingerprint density at radius 2 is 1.83 bits per heavy atom. The van der Waals surface area contributed by atoms with Crippen LogP contribution in [0.25, 0.3) is 17.0 Å². The van der Waals surface area contributed by atoms with Crippen molar-refractivity contribution in [2.24, 2.45) is 0 Å². The molecule has 0 saturated heterocycles. The van der Waals surface area contributed by atoms with Gasteiger partial charge in [-0.05, 0) is 37.6 Å². The smallest absolute Gasteiger partial charge is 0.247 e. The van der Waals surface area contributed by atoms with Crippen LogP contribution < -0.4 is 0 Å². The lowest BCUT2D eigenvalue weighted by molar-refractivity contribution is -0.128. The summed E-state index contributed by atoms with van der Waals surface area (Å²) in [7, 11) is 0. The predicted molar refractivity (Wildman–Crippen MR) is 97.5 cm³/mol. The van der Waals surface area contributed by atoms with Crippen LogP contribution in [0, 0.1) is 0 Å². The van der Waals surface area contributed by atoms with Crippen LogP contribution in [-0.4, -0.2) is 17.4 Å². The molecule has 1 aromatic heterocycles. The summed E-state index contributed by atoms with van der Waals surface area (Å²) in [4.78, 5) is 14.4. The lowest BCUT2D eigenvalue weighted by Crippen LogP contribution is -2.31. The summed E-state index contributed by atoms with van der Waals surface area (Å²) in [5.41, 5.74) is 1.86. The Bertz CT molecular complexity index is 815. The second-order valence-corrected chi connectivity index (χ2v) is 5.73. The number of fused-ring (bicyclic) bond motifs is 1. The third-order valence-corrected chi connectivity index (χ3v) is 4.17. The van der Waals surface area contributed by atoms with Gasteiger partial charge < -0.3 is 9.32 Å². The van der Waals surface area contributed by atoms with Crippen molar-refractivity contribution >= 4 is 23.0 Å². The van der Waals surface area contributed by atoms with Gasteiger partial charge in [0.2, 0.25) is 5.91 Å². The molecule has 0 aliphatic rings. The molecule has 1 amide bonds. The molecule has 0 spiro atoms. The number of para-hydroxylation sites is 1. The highest BCUT2D eigenvalue weighted by molar-refractivity contribution is 5.92. The Morgan fingerprint density at radius 1 is 1.12 bits per heavy atom. The Labute approximate surface area is 142 Å². The number of benzene rings is 2. The largest absolute Gasteiger partial charge is 0.459 e. The number of hydrogen-bond acceptors (Lipinski definition) is 2. The van der Waals surface area contributed by atoms with Crippen molar-refractivity contribution in [1.82, 2.24) is 4.90 Å². The maximum absolute atomic E-state index is 12.6. The summed E-state index contributed by atoms with van der Waals surface area (Å²) in [6.07, 6.45) is 3.47. The van der Waals surface area contributed by atoms with Gasteiger partial charge >= 0.3 is 0 Å². The monoisotopic (exact) mass is 319 g/mol. The van der Waals surface area contributed by atoms with Gasteiger partial charge in [-0.25, -0.2) is 0 Å². The van der Waals surface area contributed by atoms with E-state index in [9.17, 15) is 4.79 Å². The summed E-state index contributed by atoms with van der Waals surface area (Å²) in [6, 6.07) is 19.6. The first-order valence-corrected chi connectivity index (χ1v) is 8.21. The summed E-state index contributed by atoms with van der Waals surface area (Å²) in [6.45, 7) is 4.60. The second kappa shape index (κ2) is 7.18. The van der Waals surface area contributed by atoms with Crippen LogP contribution in [-0.2, 0) is 4.79 Å². The predicted octanol–water partition coefficient (Wildman–Crippen LogP) is 5.06. The van der Waals surface area contributed by atoms with Crippen LogP contribution in [0.3, 0.4) is 0 Å². The van der Waals surface area contributed by atoms with Crippen molar-refractivity contribution in [3.63, 3.8) is 0 Å². The first-order chi connectivity index (χ1) is 11.7. The van der Waals surface area contributed by atoms with Gasteiger partial charge in [-0.15, -0.1) is 0 Å². The molecule has 3 rings (SSSR count). The normalized spacial score (nSPS) is 12.6. The van der Waals surface area contributed by atoms with E-state index in [-0.39, 0.29) is 11.9 Å². The highest BCUT2D eigenvalue weighted by atomic mass is 16.3. The minimum absolute atomic E-state index is 0.0192. The average Bonchev–Trinajstić information content (AvgIpc) is 3.05. The summed E-state index contributed by atoms with van der Waals surface area (Å²) in [5, 5.41) is 1.06. The van der Waals surface area contributed by atoms with Crippen LogP contribution >= 0.6 is 0 Å². The minimum atomic E-state index is -0.115. The number of amides is 1. The molecule has 24 heavy (non-hydrogen) atoms. The van der Waals surface area contributed by atoms with Crippen LogP contribution in [0.5, 0.6) is 0 Å². The molecule has 1 unspecified atom stereocenters. The topological polar surface area (TPSA) is 33.5 Å². The fraction of sp³-hybridized carbons (Fsp3) is 0.190. The van der Waals surface area contributed by atoms with E-state index in [1.54, 1.807) is 11.0 Å². The van der Waals surface area contributed by atoms with Gasteiger partial charge in [0, 0.05) is 18.0 Å². The van der Waals surface area contributed by atoms with Gasteiger partial charge in [-0.1, -0.05) is 48.5 Å². The number of nitrogens with zero attached hydrogens (tertiary/aromatic N) is 1. The van der Waals surface area contributed by atoms with E-state index in [0.29, 0.717) is 6.54 Å². The molecule has 0 aliphatic carbocycles. The first-order valence-electron chi connectivity index (χ1n) is 8.21. The van der Waals surface area contributed by atoms with E-state index < -0.39 is 0 Å². The molecule has 3 nitrogen and oxygen atoms in total. The molecular weight excluding hydrogens is 298 g/mol. The van der Waals surface area contributed by atoms with Crippen molar-refractivity contribution in [3.05, 3.63) is 78.1 Å². The fourth-order valence-corrected chi connectivity index (χ4v) is 2.81. The van der Waals surface area contributed by atoms with Crippen molar-refractivity contribution in [2.45, 2.75) is 19.9 Å². The molecule has 0 aliphatic heterocycles. The Hall–Kier alpha value is -2.81. The summed E-state index contributed by atoms with van der Waals surface area (Å²) < 4.78 is 5.91. The quantitative estimate of drug-likeness (QED) is 0.616. The number of rotatable bonds is 5. The lowest BCUT2D eigenvalue weighted by atomic mass is 10.1. The molecule has 1 atom stereocenters. The zero-order valence-corrected chi connectivity index (χ0v) is 14.0. The van der Waals surface area contributed by atoms with Crippen molar-refractivity contribution in [1.29, 1.82) is 0 Å². The van der Waals surface area contributed by atoms with Gasteiger partial charge in [-0.3, -0.25) is 4.79 Å². The third-order valence-electron chi connectivity index (χ3n) is 4.17. The molecule has 0 N–H and O–H groups in total. The SMILES string of the molecule is CCN(C(=O)C=Cc1ccccc1)C(C)c1cc2ccccc2o1. The molecule has 0 bridgehead atoms. The van der Waals surface area contributed by atoms with Gasteiger partial charge in [-0.2, -0.15) is 0 Å². The molecule has 3 heteroatoms. The number of furan rings is 1. The lowest BCUT2D eigenvalue weighted by Gasteiger charge is -2.25. The van der Waals surface area contributed by atoms with E-state index >= 15 is 0 Å². The maximum atomic E-state index is 12.6. The highest BCUT2D eigenvalue weighted by Crippen LogP contribution is 2.27. The molecule has 1 heterocycles. The van der Waals surface area contributed by atoms with E-state index in [2.05, 4.69) is 0 Å². The van der Waals surface area contributed by atoms with Gasteiger partial charge in [0.15, 0.2) is 0 Å². The van der Waals surface area contributed by atoms with Crippen molar-refractivity contribution in [2.75, 3.05) is 6.54 Å². The average molecular weight is 319 g/mol. The van der Waals surface area contributed by atoms with E-state index in [1.165, 1.54) is 0 Å². The number of hydrogen-bond donors (Lipinski definition) is 0. The fourth-order valence-electron chi connectivity index (χ4n) is 2.81. The van der Waals surface area contributed by atoms with Gasteiger partial charge in [0.1, 0.15) is 11.3 Å². The van der Waals surface area contributed by atoms with Gasteiger partial charge in [0.05, 0.1) is 6.04 Å². The molecule has 0 saturated carbocycles. The molecule has 2 aromatic carbocycles. The standard InChI is InChI=1S/C21H21NO2/c1-3-22(21(23)14-13-17-9-5-4-6-10-17)16(2)20-15-18-11-7-8-12-19(18)24-20/h4-16H,3H2,1-2H3. The number of carbonyl (C=O) groups is 1. The van der Waals surface area contributed by atoms with Crippen LogP contribution in [0.4, 0.5) is 0 Å². The first kappa shape index (κ1) is 16.1. The Balaban J connectivity index is 1.79. The van der Waals surface area contributed by atoms with Gasteiger partial charge in [0.25, 0.3) is 0 Å². The van der Waals surface area contributed by atoms with E-state index in [4.69, 9.17) is 4.42 Å². The second-order valence-electron chi connectivity index (χ2n) is 5.73. The zero-order chi connectivity index (χ0) is 16.9. The molecule has 0 radical (unpaired) electrons. The third kappa shape index (κ3) is 3.40. The molecule has 3 aromatic rings. The zero-order valence-electron chi connectivity index (χ0n) is 14.0. The van der Waals surface area contributed by atoms with Crippen molar-refractivity contribution < 1.29 is 9.21 Å². The van der Waals surface area contributed by atoms with Crippen LogP contribution in [0.15, 0.2) is 71.2 Å². The molecule has 0 fully saturated rings. The Kier molecular flexibility index (Phi) is 4.80. The molecule has 122 valence electrons. The summed E-state index contributed by atoms with van der Waals surface area (Å²) >= 11 is 0. The maximum Gasteiger partial charge on any atom is 0.247 e. The summed E-state index contributed by atoms with van der Waals surface area (Å²) in [5.74, 6) is 0.786.